The molecule has 2 N–H and O–H groups in total. The van der Waals surface area contributed by atoms with Gasteiger partial charge in [0.1, 0.15) is 5.82 Å². The molecule has 24 heavy (non-hydrogen) atoms. The zero-order valence-electron chi connectivity index (χ0n) is 13.6. The van der Waals surface area contributed by atoms with E-state index in [0.29, 0.717) is 11.4 Å². The Labute approximate surface area is 138 Å². The number of hydrogen-bond donors (Lipinski definition) is 2. The number of benzene rings is 1. The Morgan fingerprint density at radius 2 is 1.92 bits per heavy atom. The summed E-state index contributed by atoms with van der Waals surface area (Å²) in [6.45, 7) is 1.58. The summed E-state index contributed by atoms with van der Waals surface area (Å²) in [5.74, 6) is -1.81. The number of halogens is 2. The first kappa shape index (κ1) is 17.8. The van der Waals surface area contributed by atoms with Crippen LogP contribution in [0.3, 0.4) is 0 Å². The summed E-state index contributed by atoms with van der Waals surface area (Å²) in [4.78, 5) is 18.2. The van der Waals surface area contributed by atoms with E-state index in [9.17, 15) is 18.7 Å². The number of aliphatic hydroxyl groups excluding tert-OH is 1. The summed E-state index contributed by atoms with van der Waals surface area (Å²) in [6, 6.07) is 5.61. The lowest BCUT2D eigenvalue weighted by molar-refractivity contribution is 0.0851. The van der Waals surface area contributed by atoms with E-state index in [4.69, 9.17) is 0 Å². The molecule has 0 aliphatic heterocycles. The SMILES string of the molecule is CC(NC(=O)c1ccnc(N(C)C)c1)C(O)c1ccc(F)c(F)c1. The zero-order valence-corrected chi connectivity index (χ0v) is 13.6. The highest BCUT2D eigenvalue weighted by molar-refractivity contribution is 5.95. The third kappa shape index (κ3) is 4.05. The predicted octanol–water partition coefficient (Wildman–Crippen LogP) is 2.28. The molecule has 0 saturated carbocycles. The van der Waals surface area contributed by atoms with Crippen molar-refractivity contribution in [1.82, 2.24) is 10.3 Å². The monoisotopic (exact) mass is 335 g/mol. The summed E-state index contributed by atoms with van der Waals surface area (Å²) < 4.78 is 26.2. The molecule has 1 heterocycles. The minimum absolute atomic E-state index is 0.186. The van der Waals surface area contributed by atoms with Crippen LogP contribution in [0.2, 0.25) is 0 Å². The minimum Gasteiger partial charge on any atom is -0.386 e. The van der Waals surface area contributed by atoms with Crippen molar-refractivity contribution in [2.45, 2.75) is 19.1 Å². The van der Waals surface area contributed by atoms with Crippen LogP contribution in [0.5, 0.6) is 0 Å². The summed E-state index contributed by atoms with van der Waals surface area (Å²) >= 11 is 0. The number of hydrogen-bond acceptors (Lipinski definition) is 4. The molecule has 1 aromatic carbocycles. The largest absolute Gasteiger partial charge is 0.386 e. The van der Waals surface area contributed by atoms with E-state index in [1.54, 1.807) is 38.1 Å². The number of pyridine rings is 1. The molecule has 2 aromatic rings. The third-order valence-corrected chi connectivity index (χ3v) is 3.58. The highest BCUT2D eigenvalue weighted by Crippen LogP contribution is 2.20. The Hall–Kier alpha value is -2.54. The van der Waals surface area contributed by atoms with Crippen LogP contribution in [-0.4, -0.2) is 36.1 Å². The molecule has 0 bridgehead atoms. The van der Waals surface area contributed by atoms with Crippen molar-refractivity contribution in [3.05, 3.63) is 59.3 Å². The molecular weight excluding hydrogens is 316 g/mol. The van der Waals surface area contributed by atoms with Crippen molar-refractivity contribution >= 4 is 11.7 Å². The van der Waals surface area contributed by atoms with Gasteiger partial charge in [-0.15, -0.1) is 0 Å². The van der Waals surface area contributed by atoms with Crippen molar-refractivity contribution in [2.75, 3.05) is 19.0 Å². The third-order valence-electron chi connectivity index (χ3n) is 3.58. The first-order valence-electron chi connectivity index (χ1n) is 7.37. The number of amides is 1. The molecule has 0 saturated heterocycles. The molecule has 2 rings (SSSR count). The van der Waals surface area contributed by atoms with Crippen molar-refractivity contribution in [1.29, 1.82) is 0 Å². The number of aliphatic hydroxyl groups is 1. The molecule has 0 aliphatic rings. The first-order valence-corrected chi connectivity index (χ1v) is 7.37. The first-order chi connectivity index (χ1) is 11.3. The lowest BCUT2D eigenvalue weighted by atomic mass is 10.0. The maximum Gasteiger partial charge on any atom is 0.251 e. The van der Waals surface area contributed by atoms with Gasteiger partial charge in [0.2, 0.25) is 0 Å². The standard InChI is InChI=1S/C17H19F2N3O2/c1-10(16(23)11-4-5-13(18)14(19)8-11)21-17(24)12-6-7-20-15(9-12)22(2)3/h4-10,16,23H,1-3H3,(H,21,24). The highest BCUT2D eigenvalue weighted by Gasteiger charge is 2.20. The van der Waals surface area contributed by atoms with Gasteiger partial charge in [-0.3, -0.25) is 4.79 Å². The van der Waals surface area contributed by atoms with Gasteiger partial charge in [-0.25, -0.2) is 13.8 Å². The second-order valence-electron chi connectivity index (χ2n) is 5.68. The molecule has 0 aliphatic carbocycles. The molecule has 1 aromatic heterocycles. The highest BCUT2D eigenvalue weighted by atomic mass is 19.2. The van der Waals surface area contributed by atoms with E-state index in [1.165, 1.54) is 12.3 Å². The average Bonchev–Trinajstić information content (AvgIpc) is 2.56. The van der Waals surface area contributed by atoms with E-state index < -0.39 is 29.7 Å². The lowest BCUT2D eigenvalue weighted by Crippen LogP contribution is -2.37. The number of nitrogens with zero attached hydrogens (tertiary/aromatic N) is 2. The number of rotatable bonds is 5. The van der Waals surface area contributed by atoms with Crippen molar-refractivity contribution in [3.8, 4) is 0 Å². The minimum atomic E-state index is -1.17. The van der Waals surface area contributed by atoms with E-state index in [-0.39, 0.29) is 5.56 Å². The summed E-state index contributed by atoms with van der Waals surface area (Å²) in [7, 11) is 3.61. The Morgan fingerprint density at radius 3 is 2.54 bits per heavy atom. The van der Waals surface area contributed by atoms with Gasteiger partial charge in [0, 0.05) is 25.9 Å². The Balaban J connectivity index is 2.10. The van der Waals surface area contributed by atoms with Gasteiger partial charge in [0.15, 0.2) is 11.6 Å². The fourth-order valence-corrected chi connectivity index (χ4v) is 2.16. The van der Waals surface area contributed by atoms with Gasteiger partial charge < -0.3 is 15.3 Å². The normalized spacial score (nSPS) is 13.2. The average molecular weight is 335 g/mol. The Bertz CT molecular complexity index is 738. The van der Waals surface area contributed by atoms with E-state index in [1.807, 2.05) is 0 Å². The summed E-state index contributed by atoms with van der Waals surface area (Å²) in [6.07, 6.45) is 0.347. The summed E-state index contributed by atoms with van der Waals surface area (Å²) in [5.41, 5.74) is 0.573. The fraction of sp³-hybridized carbons (Fsp3) is 0.294. The molecule has 5 nitrogen and oxygen atoms in total. The van der Waals surface area contributed by atoms with Crippen LogP contribution in [0.4, 0.5) is 14.6 Å². The zero-order chi connectivity index (χ0) is 17.9. The van der Waals surface area contributed by atoms with Crippen LogP contribution in [0.1, 0.15) is 28.9 Å². The number of carbonyl (C=O) groups is 1. The van der Waals surface area contributed by atoms with E-state index in [2.05, 4.69) is 10.3 Å². The van der Waals surface area contributed by atoms with Crippen LogP contribution >= 0.6 is 0 Å². The van der Waals surface area contributed by atoms with Gasteiger partial charge in [-0.2, -0.15) is 0 Å². The quantitative estimate of drug-likeness (QED) is 0.880. The molecule has 1 amide bonds. The molecule has 7 heteroatoms. The lowest BCUT2D eigenvalue weighted by Gasteiger charge is -2.21. The molecule has 0 radical (unpaired) electrons. The second kappa shape index (κ2) is 7.35. The van der Waals surface area contributed by atoms with Crippen LogP contribution < -0.4 is 10.2 Å². The van der Waals surface area contributed by atoms with Crippen molar-refractivity contribution in [2.24, 2.45) is 0 Å². The Morgan fingerprint density at radius 1 is 1.21 bits per heavy atom. The van der Waals surface area contributed by atoms with Crippen molar-refractivity contribution in [3.63, 3.8) is 0 Å². The fourth-order valence-electron chi connectivity index (χ4n) is 2.16. The van der Waals surface area contributed by atoms with Crippen LogP contribution in [0.15, 0.2) is 36.5 Å². The topological polar surface area (TPSA) is 65.5 Å². The maximum atomic E-state index is 13.3. The van der Waals surface area contributed by atoms with E-state index >= 15 is 0 Å². The number of aromatic nitrogens is 1. The number of carbonyl (C=O) groups excluding carboxylic acids is 1. The maximum absolute atomic E-state index is 13.3. The number of anilines is 1. The van der Waals surface area contributed by atoms with Gasteiger partial charge in [-0.1, -0.05) is 6.07 Å². The number of nitrogens with one attached hydrogen (secondary N) is 1. The molecular formula is C17H19F2N3O2. The van der Waals surface area contributed by atoms with E-state index in [0.717, 1.165) is 12.1 Å². The molecule has 2 atom stereocenters. The van der Waals surface area contributed by atoms with Gasteiger partial charge in [-0.05, 0) is 36.8 Å². The molecule has 128 valence electrons. The molecule has 0 spiro atoms. The van der Waals surface area contributed by atoms with Gasteiger partial charge >= 0.3 is 0 Å². The van der Waals surface area contributed by atoms with Gasteiger partial charge in [0.25, 0.3) is 5.91 Å². The van der Waals surface area contributed by atoms with Crippen LogP contribution in [0.25, 0.3) is 0 Å². The second-order valence-corrected chi connectivity index (χ2v) is 5.68. The molecule has 2 unspecified atom stereocenters. The molecule has 0 fully saturated rings. The summed E-state index contributed by atoms with van der Waals surface area (Å²) in [5, 5.41) is 12.9. The van der Waals surface area contributed by atoms with Crippen LogP contribution in [0, 0.1) is 11.6 Å². The van der Waals surface area contributed by atoms with Crippen molar-refractivity contribution < 1.29 is 18.7 Å². The van der Waals surface area contributed by atoms with Gasteiger partial charge in [0.05, 0.1) is 12.1 Å². The Kier molecular flexibility index (Phi) is 5.46. The predicted molar refractivity (Wildman–Crippen MR) is 86.8 cm³/mol. The van der Waals surface area contributed by atoms with Crippen LogP contribution in [-0.2, 0) is 0 Å². The smallest absolute Gasteiger partial charge is 0.251 e.